The number of ether oxygens (including phenoxy) is 2. The molecule has 5 heteroatoms. The van der Waals surface area contributed by atoms with Gasteiger partial charge in [-0.1, -0.05) is 13.0 Å². The Kier molecular flexibility index (Phi) is 6.33. The summed E-state index contributed by atoms with van der Waals surface area (Å²) in [6, 6.07) is 3.82. The maximum Gasteiger partial charge on any atom is 0.197 e. The number of nitrogens with one attached hydrogen (secondary N) is 1. The number of ketones is 1. The van der Waals surface area contributed by atoms with E-state index in [1.165, 1.54) is 19.4 Å². The van der Waals surface area contributed by atoms with Gasteiger partial charge in [0.1, 0.15) is 0 Å². The second-order valence-electron chi connectivity index (χ2n) is 8.14. The number of rotatable bonds is 5. The molecule has 1 aromatic carbocycles. The quantitative estimate of drug-likeness (QED) is 0.806. The lowest BCUT2D eigenvalue weighted by Crippen LogP contribution is -2.43. The third-order valence-electron chi connectivity index (χ3n) is 6.52. The van der Waals surface area contributed by atoms with E-state index in [1.54, 1.807) is 20.3 Å². The smallest absolute Gasteiger partial charge is 0.197 e. The van der Waals surface area contributed by atoms with Gasteiger partial charge >= 0.3 is 0 Å². The molecule has 0 bridgehead atoms. The predicted octanol–water partition coefficient (Wildman–Crippen LogP) is 3.73. The number of carbonyl (C=O) groups is 1. The van der Waals surface area contributed by atoms with Crippen molar-refractivity contribution >= 4 is 5.78 Å². The van der Waals surface area contributed by atoms with Gasteiger partial charge in [-0.05, 0) is 75.2 Å². The summed E-state index contributed by atoms with van der Waals surface area (Å²) in [4.78, 5) is 12.4. The molecule has 3 aliphatic rings. The monoisotopic (exact) mass is 387 g/mol. The van der Waals surface area contributed by atoms with Crippen molar-refractivity contribution in [3.63, 3.8) is 0 Å². The number of phenols is 1. The number of phenolic OH excluding ortho intramolecular Hbond substituents is 1. The maximum absolute atomic E-state index is 12.4. The third-order valence-corrected chi connectivity index (χ3v) is 6.52. The average molecular weight is 388 g/mol. The summed E-state index contributed by atoms with van der Waals surface area (Å²) in [5.74, 6) is 2.37. The Morgan fingerprint density at radius 1 is 1.21 bits per heavy atom. The molecule has 0 aromatic heterocycles. The minimum Gasteiger partial charge on any atom is -0.504 e. The lowest BCUT2D eigenvalue weighted by Gasteiger charge is -2.46. The molecule has 0 amide bonds. The molecule has 154 valence electrons. The lowest BCUT2D eigenvalue weighted by atomic mass is 9.57. The first-order valence-electron chi connectivity index (χ1n) is 10.3. The van der Waals surface area contributed by atoms with Crippen molar-refractivity contribution in [3.8, 4) is 11.5 Å². The number of hydrogen-bond acceptors (Lipinski definition) is 5. The van der Waals surface area contributed by atoms with E-state index >= 15 is 0 Å². The average Bonchev–Trinajstić information content (AvgIpc) is 3.52. The molecule has 0 heterocycles. The molecule has 3 aliphatic carbocycles. The Hall–Kier alpha value is -2.01. The van der Waals surface area contributed by atoms with Crippen molar-refractivity contribution in [3.05, 3.63) is 35.1 Å². The van der Waals surface area contributed by atoms with Crippen molar-refractivity contribution in [2.75, 3.05) is 27.8 Å². The Morgan fingerprint density at radius 3 is 2.50 bits per heavy atom. The summed E-state index contributed by atoms with van der Waals surface area (Å²) in [5, 5.41) is 13.8. The second kappa shape index (κ2) is 8.56. The van der Waals surface area contributed by atoms with Gasteiger partial charge in [-0.2, -0.15) is 0 Å². The first kappa shape index (κ1) is 20.7. The van der Waals surface area contributed by atoms with E-state index in [2.05, 4.69) is 12.2 Å². The van der Waals surface area contributed by atoms with Crippen LogP contribution in [0.1, 0.15) is 50.2 Å². The number of carbonyl (C=O) groups excluding carboxylic acids is 1. The van der Waals surface area contributed by atoms with Gasteiger partial charge in [0.2, 0.25) is 0 Å². The molecule has 28 heavy (non-hydrogen) atoms. The fourth-order valence-electron chi connectivity index (χ4n) is 4.78. The standard InChI is InChI=1S/C18H22O4.C5H11N/c1-4-18-10-13(19)15(22-3)9-12(18)7-5-11-6-8-14(21-2)17(20)16(11)18;1-6-4-5-2-3-5/h6,8-9,12,20H,4-5,7,10H2,1-3H3;5-6H,2-4H2,1H3/t12?,18-;/m1./s1. The normalized spacial score (nSPS) is 25.6. The molecule has 1 saturated carbocycles. The van der Waals surface area contributed by atoms with Crippen LogP contribution in [0.5, 0.6) is 11.5 Å². The molecule has 1 fully saturated rings. The summed E-state index contributed by atoms with van der Waals surface area (Å²) in [7, 11) is 5.10. The zero-order valence-electron chi connectivity index (χ0n) is 17.5. The molecule has 5 nitrogen and oxygen atoms in total. The minimum absolute atomic E-state index is 0.00988. The zero-order valence-corrected chi connectivity index (χ0v) is 17.5. The Labute approximate surface area is 168 Å². The predicted molar refractivity (Wildman–Crippen MR) is 110 cm³/mol. The van der Waals surface area contributed by atoms with E-state index in [0.29, 0.717) is 17.9 Å². The van der Waals surface area contributed by atoms with Crippen LogP contribution in [0, 0.1) is 11.8 Å². The van der Waals surface area contributed by atoms with Crippen LogP contribution < -0.4 is 10.1 Å². The number of benzene rings is 1. The fourth-order valence-corrected chi connectivity index (χ4v) is 4.78. The van der Waals surface area contributed by atoms with Crippen molar-refractivity contribution in [2.45, 2.75) is 50.9 Å². The summed E-state index contributed by atoms with van der Waals surface area (Å²) in [5.41, 5.74) is 1.66. The number of hydrogen-bond donors (Lipinski definition) is 2. The Balaban J connectivity index is 0.000000320. The maximum atomic E-state index is 12.4. The minimum atomic E-state index is -0.356. The van der Waals surface area contributed by atoms with E-state index in [1.807, 2.05) is 19.2 Å². The van der Waals surface area contributed by atoms with Gasteiger partial charge in [0.25, 0.3) is 0 Å². The van der Waals surface area contributed by atoms with E-state index in [0.717, 1.165) is 36.3 Å². The molecule has 0 aliphatic heterocycles. The van der Waals surface area contributed by atoms with E-state index < -0.39 is 0 Å². The van der Waals surface area contributed by atoms with Gasteiger partial charge in [0, 0.05) is 17.4 Å². The van der Waals surface area contributed by atoms with Gasteiger partial charge in [-0.15, -0.1) is 0 Å². The molecule has 2 N–H and O–H groups in total. The first-order chi connectivity index (χ1) is 13.5. The van der Waals surface area contributed by atoms with Gasteiger partial charge in [-0.3, -0.25) is 4.79 Å². The van der Waals surface area contributed by atoms with E-state index in [9.17, 15) is 9.90 Å². The van der Waals surface area contributed by atoms with Crippen LogP contribution in [0.25, 0.3) is 0 Å². The molecular weight excluding hydrogens is 354 g/mol. The van der Waals surface area contributed by atoms with Gasteiger partial charge in [-0.25, -0.2) is 0 Å². The van der Waals surface area contributed by atoms with E-state index in [-0.39, 0.29) is 22.9 Å². The van der Waals surface area contributed by atoms with Crippen molar-refractivity contribution in [2.24, 2.45) is 11.8 Å². The molecule has 2 atom stereocenters. The molecule has 0 radical (unpaired) electrons. The van der Waals surface area contributed by atoms with Crippen LogP contribution in [0.3, 0.4) is 0 Å². The number of methoxy groups -OCH3 is 2. The van der Waals surface area contributed by atoms with Crippen LogP contribution in [0.4, 0.5) is 0 Å². The Bertz CT molecular complexity index is 753. The molecule has 4 rings (SSSR count). The fraction of sp³-hybridized carbons (Fsp3) is 0.609. The largest absolute Gasteiger partial charge is 0.504 e. The number of Topliss-reactive ketones (excluding diaryl/α,β-unsaturated/α-hetero) is 1. The van der Waals surface area contributed by atoms with Crippen LogP contribution in [-0.2, 0) is 21.4 Å². The molecule has 1 aromatic rings. The lowest BCUT2D eigenvalue weighted by molar-refractivity contribution is -0.121. The molecule has 0 saturated heterocycles. The van der Waals surface area contributed by atoms with Crippen LogP contribution in [0.15, 0.2) is 24.0 Å². The van der Waals surface area contributed by atoms with Gasteiger partial charge in [0.15, 0.2) is 23.0 Å². The Morgan fingerprint density at radius 2 is 1.96 bits per heavy atom. The van der Waals surface area contributed by atoms with Crippen LogP contribution in [-0.4, -0.2) is 38.7 Å². The van der Waals surface area contributed by atoms with Crippen molar-refractivity contribution in [1.29, 1.82) is 0 Å². The molecular formula is C23H33NO4. The first-order valence-corrected chi connectivity index (χ1v) is 10.3. The number of fused-ring (bicyclic) bond motifs is 3. The SMILES string of the molecule is CC[C@@]12CC(=O)C(OC)=CC1CCc1ccc(OC)c(O)c12.CNCC1CC1. The summed E-state index contributed by atoms with van der Waals surface area (Å²) in [6.45, 7) is 3.32. The summed E-state index contributed by atoms with van der Waals surface area (Å²) in [6.07, 6.45) is 7.90. The highest BCUT2D eigenvalue weighted by atomic mass is 16.5. The van der Waals surface area contributed by atoms with Crippen LogP contribution >= 0.6 is 0 Å². The van der Waals surface area contributed by atoms with Gasteiger partial charge < -0.3 is 19.9 Å². The topological polar surface area (TPSA) is 67.8 Å². The zero-order chi connectivity index (χ0) is 20.3. The summed E-state index contributed by atoms with van der Waals surface area (Å²) < 4.78 is 10.5. The van der Waals surface area contributed by atoms with Crippen molar-refractivity contribution < 1.29 is 19.4 Å². The third kappa shape index (κ3) is 3.77. The van der Waals surface area contributed by atoms with Crippen molar-refractivity contribution in [1.82, 2.24) is 5.32 Å². The number of aryl methyl sites for hydroxylation is 1. The summed E-state index contributed by atoms with van der Waals surface area (Å²) >= 11 is 0. The molecule has 0 spiro atoms. The highest BCUT2D eigenvalue weighted by Gasteiger charge is 2.49. The number of aromatic hydroxyl groups is 1. The number of allylic oxidation sites excluding steroid dienone is 2. The second-order valence-corrected chi connectivity index (χ2v) is 8.14. The van der Waals surface area contributed by atoms with E-state index in [4.69, 9.17) is 9.47 Å². The highest BCUT2D eigenvalue weighted by molar-refractivity contribution is 5.96. The van der Waals surface area contributed by atoms with Gasteiger partial charge in [0.05, 0.1) is 14.2 Å². The van der Waals surface area contributed by atoms with Crippen LogP contribution in [0.2, 0.25) is 0 Å². The highest BCUT2D eigenvalue weighted by Crippen LogP contribution is 2.54. The molecule has 1 unspecified atom stereocenters.